The summed E-state index contributed by atoms with van der Waals surface area (Å²) in [5, 5.41) is 0. The minimum atomic E-state index is 0.333. The smallest absolute Gasteiger partial charge is 0.0832 e. The zero-order valence-electron chi connectivity index (χ0n) is 5.76. The van der Waals surface area contributed by atoms with Crippen LogP contribution in [0.15, 0.2) is 17.9 Å². The van der Waals surface area contributed by atoms with Crippen molar-refractivity contribution in [1.29, 1.82) is 0 Å². The topological polar surface area (TPSA) is 9.23 Å². The Labute approximate surface area is 56.0 Å². The highest BCUT2D eigenvalue weighted by atomic mass is 16.5. The first-order valence-electron chi connectivity index (χ1n) is 3.46. The molecule has 1 nitrogen and oxygen atoms in total. The molecule has 0 aliphatic heterocycles. The second-order valence-corrected chi connectivity index (χ2v) is 2.11. The van der Waals surface area contributed by atoms with E-state index in [1.165, 1.54) is 0 Å². The molecule has 50 valence electrons. The third-order valence-electron chi connectivity index (χ3n) is 1.38. The Hall–Kier alpha value is -0.520. The van der Waals surface area contributed by atoms with Gasteiger partial charge in [0.15, 0.2) is 0 Å². The predicted octanol–water partition coefficient (Wildman–Crippen LogP) is 1.90. The van der Waals surface area contributed by atoms with E-state index < -0.39 is 0 Å². The van der Waals surface area contributed by atoms with Gasteiger partial charge in [-0.1, -0.05) is 0 Å². The number of hydrogen-bond donors (Lipinski definition) is 0. The third kappa shape index (κ3) is 2.05. The monoisotopic (exact) mass is 124 g/mol. The van der Waals surface area contributed by atoms with Gasteiger partial charge in [-0.05, 0) is 31.9 Å². The molecule has 0 aromatic rings. The van der Waals surface area contributed by atoms with Gasteiger partial charge in [-0.15, -0.1) is 5.73 Å². The van der Waals surface area contributed by atoms with Crippen LogP contribution in [0.5, 0.6) is 0 Å². The Morgan fingerprint density at radius 3 is 3.22 bits per heavy atom. The quantitative estimate of drug-likeness (QED) is 0.511. The van der Waals surface area contributed by atoms with E-state index in [-0.39, 0.29) is 0 Å². The number of ether oxygens (including phenoxy) is 1. The van der Waals surface area contributed by atoms with Crippen molar-refractivity contribution in [2.75, 3.05) is 6.61 Å². The fourth-order valence-electron chi connectivity index (χ4n) is 0.935. The van der Waals surface area contributed by atoms with Gasteiger partial charge >= 0.3 is 0 Å². The van der Waals surface area contributed by atoms with Crippen LogP contribution in [-0.4, -0.2) is 12.7 Å². The summed E-state index contributed by atoms with van der Waals surface area (Å²) in [5.41, 5.74) is 3.04. The summed E-state index contributed by atoms with van der Waals surface area (Å²) in [6.07, 6.45) is 6.62. The molecule has 1 aliphatic carbocycles. The van der Waals surface area contributed by atoms with Crippen molar-refractivity contribution in [3.63, 3.8) is 0 Å². The first kappa shape index (κ1) is 6.60. The Morgan fingerprint density at radius 2 is 2.67 bits per heavy atom. The lowest BCUT2D eigenvalue weighted by molar-refractivity contribution is 0.0900. The van der Waals surface area contributed by atoms with Gasteiger partial charge in [-0.25, -0.2) is 0 Å². The van der Waals surface area contributed by atoms with E-state index in [0.717, 1.165) is 19.4 Å². The molecule has 1 aliphatic rings. The average molecular weight is 124 g/mol. The van der Waals surface area contributed by atoms with Gasteiger partial charge in [-0.2, -0.15) is 0 Å². The fraction of sp³-hybridized carbons (Fsp3) is 0.625. The van der Waals surface area contributed by atoms with Crippen LogP contribution < -0.4 is 0 Å². The molecule has 9 heavy (non-hydrogen) atoms. The SMILES string of the molecule is CCOC1C=C=CCC1. The Morgan fingerprint density at radius 1 is 1.78 bits per heavy atom. The minimum absolute atomic E-state index is 0.333. The van der Waals surface area contributed by atoms with Crippen molar-refractivity contribution in [2.45, 2.75) is 25.9 Å². The van der Waals surface area contributed by atoms with Crippen LogP contribution in [0.25, 0.3) is 0 Å². The summed E-state index contributed by atoms with van der Waals surface area (Å²) < 4.78 is 5.34. The van der Waals surface area contributed by atoms with Crippen LogP contribution in [-0.2, 0) is 4.74 Å². The molecule has 1 rings (SSSR count). The molecule has 0 saturated heterocycles. The summed E-state index contributed by atoms with van der Waals surface area (Å²) in [7, 11) is 0. The summed E-state index contributed by atoms with van der Waals surface area (Å²) in [6.45, 7) is 2.83. The zero-order valence-corrected chi connectivity index (χ0v) is 5.76. The highest BCUT2D eigenvalue weighted by Gasteiger charge is 2.03. The van der Waals surface area contributed by atoms with E-state index in [1.807, 2.05) is 13.0 Å². The van der Waals surface area contributed by atoms with Gasteiger partial charge in [0.05, 0.1) is 6.10 Å². The molecule has 0 aromatic heterocycles. The van der Waals surface area contributed by atoms with Gasteiger partial charge in [0.25, 0.3) is 0 Å². The third-order valence-corrected chi connectivity index (χ3v) is 1.38. The van der Waals surface area contributed by atoms with Crippen LogP contribution in [0.1, 0.15) is 19.8 Å². The molecule has 1 atom stereocenters. The van der Waals surface area contributed by atoms with Crippen LogP contribution in [0, 0.1) is 0 Å². The highest BCUT2D eigenvalue weighted by Crippen LogP contribution is 2.07. The number of hydrogen-bond acceptors (Lipinski definition) is 1. The lowest BCUT2D eigenvalue weighted by atomic mass is 10.1. The Bertz CT molecular complexity index is 132. The molecule has 1 heteroatoms. The Balaban J connectivity index is 2.34. The maximum absolute atomic E-state index is 5.34. The second-order valence-electron chi connectivity index (χ2n) is 2.11. The molecule has 0 amide bonds. The summed E-state index contributed by atoms with van der Waals surface area (Å²) in [4.78, 5) is 0. The van der Waals surface area contributed by atoms with Gasteiger partial charge in [0, 0.05) is 6.61 Å². The summed E-state index contributed by atoms with van der Waals surface area (Å²) in [5.74, 6) is 0. The van der Waals surface area contributed by atoms with E-state index in [2.05, 4.69) is 11.8 Å². The molecule has 0 bridgehead atoms. The first-order valence-corrected chi connectivity index (χ1v) is 3.46. The van der Waals surface area contributed by atoms with E-state index in [1.54, 1.807) is 0 Å². The van der Waals surface area contributed by atoms with Crippen molar-refractivity contribution in [2.24, 2.45) is 0 Å². The molecule has 0 aromatic carbocycles. The summed E-state index contributed by atoms with van der Waals surface area (Å²) in [6, 6.07) is 0. The lowest BCUT2D eigenvalue weighted by Crippen LogP contribution is -2.09. The second kappa shape index (κ2) is 3.49. The molecule has 0 saturated carbocycles. The van der Waals surface area contributed by atoms with E-state index >= 15 is 0 Å². The largest absolute Gasteiger partial charge is 0.374 e. The van der Waals surface area contributed by atoms with Crippen molar-refractivity contribution < 1.29 is 4.74 Å². The fourth-order valence-corrected chi connectivity index (χ4v) is 0.935. The van der Waals surface area contributed by atoms with Gasteiger partial charge in [0.1, 0.15) is 0 Å². The molecule has 0 radical (unpaired) electrons. The standard InChI is InChI=1S/C8H12O/c1-2-9-8-6-4-3-5-7-8/h3,7-8H,2,4,6H2,1H3. The molecule has 0 fully saturated rings. The van der Waals surface area contributed by atoms with Crippen molar-refractivity contribution >= 4 is 0 Å². The van der Waals surface area contributed by atoms with Crippen LogP contribution in [0.2, 0.25) is 0 Å². The van der Waals surface area contributed by atoms with Gasteiger partial charge in [-0.3, -0.25) is 0 Å². The zero-order chi connectivity index (χ0) is 6.53. The van der Waals surface area contributed by atoms with Gasteiger partial charge < -0.3 is 4.74 Å². The summed E-state index contributed by atoms with van der Waals surface area (Å²) >= 11 is 0. The van der Waals surface area contributed by atoms with Crippen LogP contribution >= 0.6 is 0 Å². The molecular formula is C8H12O. The lowest BCUT2D eigenvalue weighted by Gasteiger charge is -2.11. The molecule has 0 N–H and O–H groups in total. The van der Waals surface area contributed by atoms with Crippen molar-refractivity contribution in [3.8, 4) is 0 Å². The maximum atomic E-state index is 5.34. The maximum Gasteiger partial charge on any atom is 0.0832 e. The average Bonchev–Trinajstić information content (AvgIpc) is 1.91. The van der Waals surface area contributed by atoms with E-state index in [0.29, 0.717) is 6.10 Å². The normalized spacial score (nSPS) is 24.8. The van der Waals surface area contributed by atoms with Crippen molar-refractivity contribution in [3.05, 3.63) is 17.9 Å². The van der Waals surface area contributed by atoms with E-state index in [4.69, 9.17) is 4.74 Å². The molecule has 1 unspecified atom stereocenters. The van der Waals surface area contributed by atoms with E-state index in [9.17, 15) is 0 Å². The Kier molecular flexibility index (Phi) is 2.56. The minimum Gasteiger partial charge on any atom is -0.374 e. The van der Waals surface area contributed by atoms with Gasteiger partial charge in [0.2, 0.25) is 0 Å². The van der Waals surface area contributed by atoms with Crippen LogP contribution in [0.3, 0.4) is 0 Å². The van der Waals surface area contributed by atoms with Crippen molar-refractivity contribution in [1.82, 2.24) is 0 Å². The molecular weight excluding hydrogens is 112 g/mol. The highest BCUT2D eigenvalue weighted by molar-refractivity contribution is 4.96. The first-order chi connectivity index (χ1) is 4.43. The van der Waals surface area contributed by atoms with Crippen LogP contribution in [0.4, 0.5) is 0 Å². The predicted molar refractivity (Wildman–Crippen MR) is 37.3 cm³/mol. The number of rotatable bonds is 2. The molecule has 0 heterocycles. The molecule has 0 spiro atoms.